The highest BCUT2D eigenvalue weighted by molar-refractivity contribution is 7.10. The van der Waals surface area contributed by atoms with Crippen molar-refractivity contribution in [2.24, 2.45) is 0 Å². The molecule has 1 aromatic carbocycles. The summed E-state index contributed by atoms with van der Waals surface area (Å²) in [5.74, 6) is -0.177. The molecule has 0 bridgehead atoms. The molecule has 3 aromatic rings. The zero-order valence-electron chi connectivity index (χ0n) is 22.7. The molecule has 0 radical (unpaired) electrons. The molecule has 0 unspecified atom stereocenters. The van der Waals surface area contributed by atoms with E-state index in [1.54, 1.807) is 48.3 Å². The topological polar surface area (TPSA) is 97.0 Å². The van der Waals surface area contributed by atoms with Gasteiger partial charge in [-0.15, -0.1) is 22.7 Å². The number of hydrogen-bond donors (Lipinski definition) is 2. The maximum absolute atomic E-state index is 13.8. The zero-order chi connectivity index (χ0) is 28.1. The molecular formula is C29H37N3O5S2. The van der Waals surface area contributed by atoms with Gasteiger partial charge in [0.15, 0.2) is 0 Å². The number of alkyl carbamates (subject to hydrolysis) is 2. The van der Waals surface area contributed by atoms with Gasteiger partial charge in [0.25, 0.3) is 0 Å². The predicted octanol–water partition coefficient (Wildman–Crippen LogP) is 6.33. The van der Waals surface area contributed by atoms with E-state index in [0.29, 0.717) is 38.9 Å². The van der Waals surface area contributed by atoms with E-state index in [2.05, 4.69) is 10.6 Å². The molecule has 2 heterocycles. The number of carbonyl (C=O) groups excluding carboxylic acids is 3. The highest BCUT2D eigenvalue weighted by Crippen LogP contribution is 2.19. The summed E-state index contributed by atoms with van der Waals surface area (Å²) in [7, 11) is 0. The summed E-state index contributed by atoms with van der Waals surface area (Å²) in [5, 5.41) is 9.48. The SMILES string of the molecule is CC(C)(C)OC(=O)N[C@@H](CCCCOC(=O)NCc1ccccc1)C(=O)N(Cc1cccs1)Cc1cccs1. The Kier molecular flexibility index (Phi) is 11.8. The van der Waals surface area contributed by atoms with Crippen LogP contribution in [-0.2, 0) is 33.9 Å². The van der Waals surface area contributed by atoms with Crippen molar-refractivity contribution in [2.45, 2.75) is 71.3 Å². The molecular weight excluding hydrogens is 534 g/mol. The molecule has 210 valence electrons. The van der Waals surface area contributed by atoms with E-state index in [-0.39, 0.29) is 12.5 Å². The Morgan fingerprint density at radius 2 is 1.51 bits per heavy atom. The van der Waals surface area contributed by atoms with E-state index in [1.807, 2.05) is 65.4 Å². The maximum atomic E-state index is 13.8. The largest absolute Gasteiger partial charge is 0.450 e. The van der Waals surface area contributed by atoms with E-state index >= 15 is 0 Å². The smallest absolute Gasteiger partial charge is 0.408 e. The van der Waals surface area contributed by atoms with Crippen molar-refractivity contribution in [2.75, 3.05) is 6.61 Å². The van der Waals surface area contributed by atoms with E-state index < -0.39 is 23.8 Å². The first-order chi connectivity index (χ1) is 18.7. The fourth-order valence-electron chi connectivity index (χ4n) is 3.76. The highest BCUT2D eigenvalue weighted by atomic mass is 32.1. The molecule has 3 amide bonds. The molecule has 8 nitrogen and oxygen atoms in total. The molecule has 0 saturated carbocycles. The van der Waals surface area contributed by atoms with Crippen LogP contribution in [-0.4, -0.2) is 41.2 Å². The molecule has 2 N–H and O–H groups in total. The van der Waals surface area contributed by atoms with Crippen LogP contribution in [0.1, 0.15) is 55.4 Å². The quantitative estimate of drug-likeness (QED) is 0.234. The molecule has 3 rings (SSSR count). The van der Waals surface area contributed by atoms with Crippen molar-refractivity contribution in [3.63, 3.8) is 0 Å². The summed E-state index contributed by atoms with van der Waals surface area (Å²) in [6.45, 7) is 6.84. The molecule has 39 heavy (non-hydrogen) atoms. The Labute approximate surface area is 238 Å². The Bertz CT molecular complexity index is 1110. The number of benzene rings is 1. The lowest BCUT2D eigenvalue weighted by atomic mass is 10.1. The van der Waals surface area contributed by atoms with E-state index in [0.717, 1.165) is 15.3 Å². The van der Waals surface area contributed by atoms with Gasteiger partial charge in [0.1, 0.15) is 11.6 Å². The van der Waals surface area contributed by atoms with Gasteiger partial charge in [-0.05, 0) is 68.5 Å². The molecule has 1 atom stereocenters. The molecule has 0 spiro atoms. The number of nitrogens with zero attached hydrogens (tertiary/aromatic N) is 1. The van der Waals surface area contributed by atoms with Gasteiger partial charge in [-0.1, -0.05) is 42.5 Å². The molecule has 2 aromatic heterocycles. The third-order valence-electron chi connectivity index (χ3n) is 5.55. The van der Waals surface area contributed by atoms with Gasteiger partial charge in [0, 0.05) is 16.3 Å². The standard InChI is InChI=1S/C29H37N3O5S2/c1-29(2,3)37-28(35)31-25(15-7-8-16-36-27(34)30-19-22-11-5-4-6-12-22)26(33)32(20-23-13-9-17-38-23)21-24-14-10-18-39-24/h4-6,9-14,17-18,25H,7-8,15-16,19-21H2,1-3H3,(H,30,34)(H,31,35)/t25-/m0/s1. The predicted molar refractivity (Wildman–Crippen MR) is 155 cm³/mol. The minimum Gasteiger partial charge on any atom is -0.450 e. The lowest BCUT2D eigenvalue weighted by Crippen LogP contribution is -2.49. The lowest BCUT2D eigenvalue weighted by Gasteiger charge is -2.28. The Hall–Kier alpha value is -3.37. The number of hydrogen-bond acceptors (Lipinski definition) is 7. The van der Waals surface area contributed by atoms with Gasteiger partial charge < -0.3 is 25.0 Å². The van der Waals surface area contributed by atoms with Crippen molar-refractivity contribution < 1.29 is 23.9 Å². The van der Waals surface area contributed by atoms with Gasteiger partial charge in [-0.3, -0.25) is 4.79 Å². The van der Waals surface area contributed by atoms with Gasteiger partial charge in [-0.2, -0.15) is 0 Å². The second-order valence-electron chi connectivity index (χ2n) is 10.0. The summed E-state index contributed by atoms with van der Waals surface area (Å²) >= 11 is 3.17. The monoisotopic (exact) mass is 571 g/mol. The number of ether oxygens (including phenoxy) is 2. The average Bonchev–Trinajstić information content (AvgIpc) is 3.60. The first-order valence-electron chi connectivity index (χ1n) is 13.0. The van der Waals surface area contributed by atoms with E-state index in [9.17, 15) is 14.4 Å². The van der Waals surface area contributed by atoms with Gasteiger partial charge in [-0.25, -0.2) is 9.59 Å². The van der Waals surface area contributed by atoms with Crippen LogP contribution < -0.4 is 10.6 Å². The van der Waals surface area contributed by atoms with E-state index in [1.165, 1.54) is 0 Å². The average molecular weight is 572 g/mol. The number of rotatable bonds is 13. The number of nitrogens with one attached hydrogen (secondary N) is 2. The fourth-order valence-corrected chi connectivity index (χ4v) is 5.20. The van der Waals surface area contributed by atoms with Gasteiger partial charge in [0.2, 0.25) is 5.91 Å². The van der Waals surface area contributed by atoms with Crippen LogP contribution in [0.2, 0.25) is 0 Å². The molecule has 0 aliphatic rings. The highest BCUT2D eigenvalue weighted by Gasteiger charge is 2.28. The van der Waals surface area contributed by atoms with Crippen molar-refractivity contribution in [1.82, 2.24) is 15.5 Å². The Balaban J connectivity index is 1.57. The lowest BCUT2D eigenvalue weighted by molar-refractivity contribution is -0.135. The second kappa shape index (κ2) is 15.3. The Morgan fingerprint density at radius 3 is 2.08 bits per heavy atom. The first-order valence-corrected chi connectivity index (χ1v) is 14.7. The van der Waals surface area contributed by atoms with Crippen molar-refractivity contribution in [1.29, 1.82) is 0 Å². The first kappa shape index (κ1) is 30.2. The Morgan fingerprint density at radius 1 is 0.872 bits per heavy atom. The molecule has 0 fully saturated rings. The van der Waals surface area contributed by atoms with Crippen LogP contribution in [0.15, 0.2) is 65.4 Å². The third kappa shape index (κ3) is 11.5. The second-order valence-corrected chi connectivity index (χ2v) is 12.1. The molecule has 10 heteroatoms. The number of carbonyl (C=O) groups is 3. The van der Waals surface area contributed by atoms with Crippen LogP contribution in [0, 0.1) is 0 Å². The minimum absolute atomic E-state index is 0.177. The summed E-state index contributed by atoms with van der Waals surface area (Å²) < 4.78 is 10.7. The number of thiophene rings is 2. The summed E-state index contributed by atoms with van der Waals surface area (Å²) in [6.07, 6.45) is 0.387. The summed E-state index contributed by atoms with van der Waals surface area (Å²) in [5.41, 5.74) is 0.297. The zero-order valence-corrected chi connectivity index (χ0v) is 24.3. The van der Waals surface area contributed by atoms with Gasteiger partial charge in [0.05, 0.1) is 19.7 Å². The molecule has 0 aliphatic heterocycles. The number of unbranched alkanes of at least 4 members (excludes halogenated alkanes) is 1. The van der Waals surface area contributed by atoms with Crippen molar-refractivity contribution >= 4 is 40.8 Å². The van der Waals surface area contributed by atoms with Crippen molar-refractivity contribution in [3.05, 3.63) is 80.7 Å². The van der Waals surface area contributed by atoms with Crippen LogP contribution in [0.3, 0.4) is 0 Å². The fraction of sp³-hybridized carbons (Fsp3) is 0.414. The van der Waals surface area contributed by atoms with E-state index in [4.69, 9.17) is 9.47 Å². The van der Waals surface area contributed by atoms with Crippen LogP contribution in [0.25, 0.3) is 0 Å². The molecule has 0 aliphatic carbocycles. The minimum atomic E-state index is -0.772. The normalized spacial score (nSPS) is 11.9. The summed E-state index contributed by atoms with van der Waals surface area (Å²) in [4.78, 5) is 42.3. The summed E-state index contributed by atoms with van der Waals surface area (Å²) in [6, 6.07) is 16.7. The number of amides is 3. The van der Waals surface area contributed by atoms with Crippen LogP contribution in [0.5, 0.6) is 0 Å². The van der Waals surface area contributed by atoms with Crippen LogP contribution >= 0.6 is 22.7 Å². The van der Waals surface area contributed by atoms with Crippen molar-refractivity contribution in [3.8, 4) is 0 Å². The van der Waals surface area contributed by atoms with Crippen LogP contribution in [0.4, 0.5) is 9.59 Å². The molecule has 0 saturated heterocycles. The third-order valence-corrected chi connectivity index (χ3v) is 7.28. The van der Waals surface area contributed by atoms with Gasteiger partial charge >= 0.3 is 12.2 Å². The maximum Gasteiger partial charge on any atom is 0.408 e.